The van der Waals surface area contributed by atoms with Crippen LogP contribution in [0.3, 0.4) is 0 Å². The van der Waals surface area contributed by atoms with Crippen molar-refractivity contribution in [3.63, 3.8) is 0 Å². The highest BCUT2D eigenvalue weighted by molar-refractivity contribution is 5.47. The summed E-state index contributed by atoms with van der Waals surface area (Å²) in [5, 5.41) is 12.9. The Morgan fingerprint density at radius 1 is 1.29 bits per heavy atom. The molecule has 7 heteroatoms. The summed E-state index contributed by atoms with van der Waals surface area (Å²) in [6.45, 7) is 6.94. The Morgan fingerprint density at radius 3 is 2.71 bits per heavy atom. The molecule has 0 aliphatic heterocycles. The Kier molecular flexibility index (Phi) is 3.32. The molecule has 0 aliphatic rings. The van der Waals surface area contributed by atoms with Crippen molar-refractivity contribution in [1.29, 1.82) is 0 Å². The van der Waals surface area contributed by atoms with Crippen molar-refractivity contribution in [3.8, 4) is 11.5 Å². The molecule has 0 radical (unpaired) electrons. The van der Waals surface area contributed by atoms with Crippen molar-refractivity contribution in [3.05, 3.63) is 36.0 Å². The van der Waals surface area contributed by atoms with Crippen molar-refractivity contribution >= 4 is 0 Å². The van der Waals surface area contributed by atoms with E-state index in [-0.39, 0.29) is 6.04 Å². The number of hydrogen-bond acceptors (Lipinski definition) is 4. The second kappa shape index (κ2) is 5.16. The zero-order valence-electron chi connectivity index (χ0n) is 12.7. The second-order valence-corrected chi connectivity index (χ2v) is 5.40. The van der Waals surface area contributed by atoms with Gasteiger partial charge in [0.05, 0.1) is 24.5 Å². The summed E-state index contributed by atoms with van der Waals surface area (Å²) in [5.41, 5.74) is 2.97. The molecule has 110 valence electrons. The zero-order valence-corrected chi connectivity index (χ0v) is 12.7. The molecule has 0 saturated carbocycles. The van der Waals surface area contributed by atoms with E-state index in [0.717, 1.165) is 29.5 Å². The summed E-state index contributed by atoms with van der Waals surface area (Å²) >= 11 is 0. The SMILES string of the molecule is Cc1cc(C)n(CC(C)n2cc(-c3nccn3C)nn2)n1. The second-order valence-electron chi connectivity index (χ2n) is 5.40. The van der Waals surface area contributed by atoms with Crippen molar-refractivity contribution in [2.45, 2.75) is 33.4 Å². The van der Waals surface area contributed by atoms with Crippen molar-refractivity contribution in [2.24, 2.45) is 7.05 Å². The molecule has 1 unspecified atom stereocenters. The molecule has 21 heavy (non-hydrogen) atoms. The fourth-order valence-corrected chi connectivity index (χ4v) is 2.40. The third-order valence-corrected chi connectivity index (χ3v) is 3.55. The number of aryl methyl sites for hydroxylation is 3. The minimum atomic E-state index is 0.171. The minimum Gasteiger partial charge on any atom is -0.333 e. The molecule has 0 bridgehead atoms. The van der Waals surface area contributed by atoms with Gasteiger partial charge in [0.25, 0.3) is 0 Å². The molecule has 0 spiro atoms. The number of hydrogen-bond donors (Lipinski definition) is 0. The Morgan fingerprint density at radius 2 is 2.10 bits per heavy atom. The summed E-state index contributed by atoms with van der Waals surface area (Å²) in [4.78, 5) is 4.29. The van der Waals surface area contributed by atoms with Gasteiger partial charge in [0, 0.05) is 25.1 Å². The van der Waals surface area contributed by atoms with Crippen LogP contribution in [0.15, 0.2) is 24.7 Å². The van der Waals surface area contributed by atoms with E-state index in [1.807, 2.05) is 40.3 Å². The largest absolute Gasteiger partial charge is 0.333 e. The van der Waals surface area contributed by atoms with E-state index in [0.29, 0.717) is 0 Å². The Labute approximate surface area is 123 Å². The maximum Gasteiger partial charge on any atom is 0.161 e. The molecule has 0 saturated heterocycles. The lowest BCUT2D eigenvalue weighted by molar-refractivity contribution is 0.392. The lowest BCUT2D eigenvalue weighted by Crippen LogP contribution is -2.15. The quantitative estimate of drug-likeness (QED) is 0.732. The summed E-state index contributed by atoms with van der Waals surface area (Å²) in [5.74, 6) is 0.819. The van der Waals surface area contributed by atoms with E-state index in [4.69, 9.17) is 0 Å². The molecular formula is C14H19N7. The average Bonchev–Trinajstić information content (AvgIpc) is 3.11. The highest BCUT2D eigenvalue weighted by atomic mass is 15.4. The standard InChI is InChI=1S/C14H19N7/c1-10-7-11(2)20(17-10)8-12(3)21-9-13(16-18-21)14-15-5-6-19(14)4/h5-7,9,12H,8H2,1-4H3. The predicted molar refractivity (Wildman–Crippen MR) is 78.6 cm³/mol. The van der Waals surface area contributed by atoms with Gasteiger partial charge in [-0.3, -0.25) is 4.68 Å². The summed E-state index contributed by atoms with van der Waals surface area (Å²) in [6.07, 6.45) is 5.58. The lowest BCUT2D eigenvalue weighted by atomic mass is 10.3. The fourth-order valence-electron chi connectivity index (χ4n) is 2.40. The van der Waals surface area contributed by atoms with Gasteiger partial charge < -0.3 is 4.57 Å². The van der Waals surface area contributed by atoms with Gasteiger partial charge in [-0.05, 0) is 26.8 Å². The maximum atomic E-state index is 4.49. The van der Waals surface area contributed by atoms with Gasteiger partial charge in [-0.1, -0.05) is 5.21 Å². The predicted octanol–water partition coefficient (Wildman–Crippen LogP) is 1.75. The molecule has 3 rings (SSSR count). The highest BCUT2D eigenvalue weighted by Gasteiger charge is 2.13. The van der Waals surface area contributed by atoms with Crippen LogP contribution in [-0.4, -0.2) is 34.3 Å². The molecule has 3 aromatic heterocycles. The monoisotopic (exact) mass is 285 g/mol. The molecule has 0 aromatic carbocycles. The van der Waals surface area contributed by atoms with E-state index < -0.39 is 0 Å². The number of imidazole rings is 1. The van der Waals surface area contributed by atoms with Crippen LogP contribution in [0, 0.1) is 13.8 Å². The maximum absolute atomic E-state index is 4.49. The number of aromatic nitrogens is 7. The van der Waals surface area contributed by atoms with Crippen LogP contribution in [0.25, 0.3) is 11.5 Å². The van der Waals surface area contributed by atoms with E-state index in [1.165, 1.54) is 0 Å². The first kappa shape index (κ1) is 13.5. The van der Waals surface area contributed by atoms with Gasteiger partial charge in [-0.25, -0.2) is 9.67 Å². The summed E-state index contributed by atoms with van der Waals surface area (Å²) < 4.78 is 5.79. The topological polar surface area (TPSA) is 66.3 Å². The van der Waals surface area contributed by atoms with Gasteiger partial charge in [0.15, 0.2) is 5.82 Å². The molecule has 0 aliphatic carbocycles. The first-order valence-corrected chi connectivity index (χ1v) is 6.95. The first-order valence-electron chi connectivity index (χ1n) is 6.95. The average molecular weight is 285 g/mol. The van der Waals surface area contributed by atoms with Crippen LogP contribution in [0.5, 0.6) is 0 Å². The van der Waals surface area contributed by atoms with Crippen LogP contribution in [0.4, 0.5) is 0 Å². The summed E-state index contributed by atoms with van der Waals surface area (Å²) in [6, 6.07) is 2.25. The third kappa shape index (κ3) is 2.58. The normalized spacial score (nSPS) is 12.8. The van der Waals surface area contributed by atoms with E-state index in [1.54, 1.807) is 6.20 Å². The fraction of sp³-hybridized carbons (Fsp3) is 0.429. The van der Waals surface area contributed by atoms with Gasteiger partial charge in [-0.15, -0.1) is 5.10 Å². The molecule has 0 fully saturated rings. The van der Waals surface area contributed by atoms with Crippen LogP contribution in [0.1, 0.15) is 24.4 Å². The van der Waals surface area contributed by atoms with Gasteiger partial charge >= 0.3 is 0 Å². The Balaban J connectivity index is 1.80. The molecule has 0 amide bonds. The van der Waals surface area contributed by atoms with Crippen molar-refractivity contribution in [2.75, 3.05) is 0 Å². The molecule has 0 N–H and O–H groups in total. The van der Waals surface area contributed by atoms with Gasteiger partial charge in [0.1, 0.15) is 5.69 Å². The molecule has 1 atom stereocenters. The number of nitrogens with zero attached hydrogens (tertiary/aromatic N) is 7. The third-order valence-electron chi connectivity index (χ3n) is 3.55. The van der Waals surface area contributed by atoms with Gasteiger partial charge in [-0.2, -0.15) is 5.10 Å². The molecule has 3 aromatic rings. The van der Waals surface area contributed by atoms with Gasteiger partial charge in [0.2, 0.25) is 0 Å². The van der Waals surface area contributed by atoms with E-state index in [9.17, 15) is 0 Å². The van der Waals surface area contributed by atoms with Crippen molar-refractivity contribution < 1.29 is 0 Å². The minimum absolute atomic E-state index is 0.171. The molecule has 7 nitrogen and oxygen atoms in total. The van der Waals surface area contributed by atoms with E-state index in [2.05, 4.69) is 40.3 Å². The van der Waals surface area contributed by atoms with Crippen LogP contribution < -0.4 is 0 Å². The Hall–Kier alpha value is -2.44. The first-order chi connectivity index (χ1) is 10.0. The van der Waals surface area contributed by atoms with Crippen LogP contribution >= 0.6 is 0 Å². The highest BCUT2D eigenvalue weighted by Crippen LogP contribution is 2.16. The zero-order chi connectivity index (χ0) is 15.0. The molecular weight excluding hydrogens is 266 g/mol. The van der Waals surface area contributed by atoms with Crippen molar-refractivity contribution in [1.82, 2.24) is 34.3 Å². The molecule has 3 heterocycles. The number of rotatable bonds is 4. The lowest BCUT2D eigenvalue weighted by Gasteiger charge is -2.12. The smallest absolute Gasteiger partial charge is 0.161 e. The van der Waals surface area contributed by atoms with Crippen LogP contribution in [0.2, 0.25) is 0 Å². The Bertz CT molecular complexity index is 749. The van der Waals surface area contributed by atoms with Crippen LogP contribution in [-0.2, 0) is 13.6 Å². The van der Waals surface area contributed by atoms with E-state index >= 15 is 0 Å². The summed E-state index contributed by atoms with van der Waals surface area (Å²) in [7, 11) is 1.95.